The van der Waals surface area contributed by atoms with Crippen LogP contribution in [0.1, 0.15) is 18.5 Å². The molecule has 0 aliphatic carbocycles. The fraction of sp³-hybridized carbons (Fsp3) is 0.0800. The molecule has 0 spiro atoms. The minimum absolute atomic E-state index is 0.138. The number of para-hydroxylation sites is 1. The Kier molecular flexibility index (Phi) is 5.32. The largest absolute Gasteiger partial charge is 0.508 e. The predicted octanol–water partition coefficient (Wildman–Crippen LogP) is 5.23. The molecule has 3 aromatic carbocycles. The van der Waals surface area contributed by atoms with Crippen molar-refractivity contribution in [2.45, 2.75) is 13.0 Å². The van der Waals surface area contributed by atoms with Crippen molar-refractivity contribution >= 4 is 29.1 Å². The van der Waals surface area contributed by atoms with Gasteiger partial charge in [-0.15, -0.1) is 5.10 Å². The van der Waals surface area contributed by atoms with Gasteiger partial charge < -0.3 is 15.7 Å². The standard InChI is InChI=1S/C25H20ClN5O2/c1-15-21(24(33)28-17-7-3-2-4-8-17)22(16-11-13-18(32)14-12-16)31-25(27-15)29-23(30-31)19-9-5-6-10-20(19)26/h2-14,22,32H,1H3,(H,28,33)(H,27,29,30)/t22-/m1/s1. The van der Waals surface area contributed by atoms with Gasteiger partial charge in [-0.2, -0.15) is 4.98 Å². The van der Waals surface area contributed by atoms with Gasteiger partial charge in [0.15, 0.2) is 5.82 Å². The number of aromatic hydroxyl groups is 1. The number of rotatable bonds is 4. The summed E-state index contributed by atoms with van der Waals surface area (Å²) in [4.78, 5) is 18.1. The lowest BCUT2D eigenvalue weighted by Gasteiger charge is -2.28. The fourth-order valence-electron chi connectivity index (χ4n) is 3.89. The first-order valence-corrected chi connectivity index (χ1v) is 10.7. The highest BCUT2D eigenvalue weighted by molar-refractivity contribution is 6.33. The van der Waals surface area contributed by atoms with Crippen molar-refractivity contribution < 1.29 is 9.90 Å². The number of phenolic OH excluding ortho intramolecular Hbond substituents is 1. The van der Waals surface area contributed by atoms with E-state index < -0.39 is 6.04 Å². The molecule has 0 saturated carbocycles. The zero-order valence-corrected chi connectivity index (χ0v) is 18.4. The molecule has 0 unspecified atom stereocenters. The quantitative estimate of drug-likeness (QED) is 0.390. The normalized spacial score (nSPS) is 15.0. The van der Waals surface area contributed by atoms with Crippen molar-refractivity contribution in [2.24, 2.45) is 0 Å². The Balaban J connectivity index is 1.62. The SMILES string of the molecule is CC1=C(C(=O)Nc2ccccc2)[C@@H](c2ccc(O)cc2)n2nc(-c3ccccc3Cl)nc2N1. The van der Waals surface area contributed by atoms with E-state index >= 15 is 0 Å². The molecule has 2 heterocycles. The minimum atomic E-state index is -0.561. The van der Waals surface area contributed by atoms with Gasteiger partial charge in [0.05, 0.1) is 10.6 Å². The molecule has 3 N–H and O–H groups in total. The molecule has 0 fully saturated rings. The molecule has 1 amide bonds. The predicted molar refractivity (Wildman–Crippen MR) is 128 cm³/mol. The van der Waals surface area contributed by atoms with E-state index in [-0.39, 0.29) is 11.7 Å². The Morgan fingerprint density at radius 1 is 1.03 bits per heavy atom. The van der Waals surface area contributed by atoms with Gasteiger partial charge in [0.1, 0.15) is 11.8 Å². The van der Waals surface area contributed by atoms with E-state index in [0.717, 1.165) is 5.56 Å². The van der Waals surface area contributed by atoms with Gasteiger partial charge >= 0.3 is 0 Å². The molecule has 1 aliphatic heterocycles. The molecule has 7 nitrogen and oxygen atoms in total. The first-order chi connectivity index (χ1) is 16.0. The van der Waals surface area contributed by atoms with E-state index in [2.05, 4.69) is 15.6 Å². The van der Waals surface area contributed by atoms with Crippen LogP contribution in [0.5, 0.6) is 5.75 Å². The average Bonchev–Trinajstić information content (AvgIpc) is 3.23. The average molecular weight is 458 g/mol. The van der Waals surface area contributed by atoms with Crippen LogP contribution >= 0.6 is 11.6 Å². The minimum Gasteiger partial charge on any atom is -0.508 e. The molecule has 0 radical (unpaired) electrons. The third kappa shape index (κ3) is 3.94. The van der Waals surface area contributed by atoms with Gasteiger partial charge in [-0.1, -0.05) is 54.1 Å². The topological polar surface area (TPSA) is 92.1 Å². The number of amides is 1. The summed E-state index contributed by atoms with van der Waals surface area (Å²) in [5.74, 6) is 0.824. The maximum absolute atomic E-state index is 13.4. The number of carbonyl (C=O) groups is 1. The number of halogens is 1. The van der Waals surface area contributed by atoms with Crippen LogP contribution in [-0.2, 0) is 4.79 Å². The molecular formula is C25H20ClN5O2. The highest BCUT2D eigenvalue weighted by atomic mass is 35.5. The summed E-state index contributed by atoms with van der Waals surface area (Å²) >= 11 is 6.38. The summed E-state index contributed by atoms with van der Waals surface area (Å²) in [5.41, 5.74) is 3.32. The maximum Gasteiger partial charge on any atom is 0.255 e. The Bertz CT molecular complexity index is 1360. The number of nitrogens with one attached hydrogen (secondary N) is 2. The number of aromatic nitrogens is 3. The molecule has 1 atom stereocenters. The van der Waals surface area contributed by atoms with Crippen molar-refractivity contribution in [3.8, 4) is 17.1 Å². The van der Waals surface area contributed by atoms with E-state index in [9.17, 15) is 9.90 Å². The molecular weight excluding hydrogens is 438 g/mol. The lowest BCUT2D eigenvalue weighted by molar-refractivity contribution is -0.113. The van der Waals surface area contributed by atoms with E-state index in [0.29, 0.717) is 39.3 Å². The number of benzene rings is 3. The lowest BCUT2D eigenvalue weighted by Crippen LogP contribution is -2.31. The van der Waals surface area contributed by atoms with Crippen LogP contribution in [-0.4, -0.2) is 25.8 Å². The smallest absolute Gasteiger partial charge is 0.255 e. The zero-order chi connectivity index (χ0) is 22.9. The number of hydrogen-bond donors (Lipinski definition) is 3. The van der Waals surface area contributed by atoms with Crippen LogP contribution in [0.15, 0.2) is 90.1 Å². The van der Waals surface area contributed by atoms with Crippen LogP contribution in [0.4, 0.5) is 11.6 Å². The summed E-state index contributed by atoms with van der Waals surface area (Å²) in [7, 11) is 0. The number of hydrogen-bond acceptors (Lipinski definition) is 5. The van der Waals surface area contributed by atoms with Gasteiger partial charge in [0.25, 0.3) is 5.91 Å². The number of fused-ring (bicyclic) bond motifs is 1. The molecule has 164 valence electrons. The van der Waals surface area contributed by atoms with Gasteiger partial charge in [0.2, 0.25) is 5.95 Å². The van der Waals surface area contributed by atoms with Gasteiger partial charge in [0, 0.05) is 16.9 Å². The highest BCUT2D eigenvalue weighted by Gasteiger charge is 2.34. The van der Waals surface area contributed by atoms with Crippen LogP contribution in [0.25, 0.3) is 11.4 Å². The van der Waals surface area contributed by atoms with Crippen molar-refractivity contribution in [3.05, 3.63) is 101 Å². The summed E-state index contributed by atoms with van der Waals surface area (Å²) in [6, 6.07) is 22.8. The summed E-state index contributed by atoms with van der Waals surface area (Å²) in [6.45, 7) is 1.83. The molecule has 1 aromatic heterocycles. The Morgan fingerprint density at radius 3 is 2.45 bits per heavy atom. The number of allylic oxidation sites excluding steroid dienone is 1. The second-order valence-corrected chi connectivity index (χ2v) is 8.07. The summed E-state index contributed by atoms with van der Waals surface area (Å²) in [6.07, 6.45) is 0. The zero-order valence-electron chi connectivity index (χ0n) is 17.7. The highest BCUT2D eigenvalue weighted by Crippen LogP contribution is 2.38. The molecule has 1 aliphatic rings. The third-order valence-corrected chi connectivity index (χ3v) is 5.78. The lowest BCUT2D eigenvalue weighted by atomic mass is 9.95. The molecule has 4 aromatic rings. The molecule has 0 bridgehead atoms. The Labute approximate surface area is 195 Å². The van der Waals surface area contributed by atoms with Gasteiger partial charge in [-0.05, 0) is 48.9 Å². The van der Waals surface area contributed by atoms with Crippen LogP contribution in [0.3, 0.4) is 0 Å². The van der Waals surface area contributed by atoms with Crippen molar-refractivity contribution in [2.75, 3.05) is 10.6 Å². The first kappa shape index (κ1) is 20.8. The summed E-state index contributed by atoms with van der Waals surface area (Å²) < 4.78 is 1.68. The van der Waals surface area contributed by atoms with E-state index in [4.69, 9.17) is 16.7 Å². The fourth-order valence-corrected chi connectivity index (χ4v) is 4.11. The number of anilines is 2. The maximum atomic E-state index is 13.4. The van der Waals surface area contributed by atoms with Crippen molar-refractivity contribution in [3.63, 3.8) is 0 Å². The molecule has 0 saturated heterocycles. The van der Waals surface area contributed by atoms with E-state index in [1.165, 1.54) is 0 Å². The molecule has 8 heteroatoms. The second kappa shape index (κ2) is 8.44. The second-order valence-electron chi connectivity index (χ2n) is 7.66. The van der Waals surface area contributed by atoms with Crippen LogP contribution < -0.4 is 10.6 Å². The molecule has 5 rings (SSSR count). The molecule has 33 heavy (non-hydrogen) atoms. The van der Waals surface area contributed by atoms with Crippen LogP contribution in [0, 0.1) is 0 Å². The number of nitrogens with zero attached hydrogens (tertiary/aromatic N) is 3. The summed E-state index contributed by atoms with van der Waals surface area (Å²) in [5, 5.41) is 21.2. The number of phenols is 1. The monoisotopic (exact) mass is 457 g/mol. The van der Waals surface area contributed by atoms with Gasteiger partial charge in [-0.25, -0.2) is 4.68 Å². The first-order valence-electron chi connectivity index (χ1n) is 10.4. The Hall–Kier alpha value is -4.10. The third-order valence-electron chi connectivity index (χ3n) is 5.45. The van der Waals surface area contributed by atoms with E-state index in [1.807, 2.05) is 55.5 Å². The van der Waals surface area contributed by atoms with E-state index in [1.54, 1.807) is 35.0 Å². The number of carbonyl (C=O) groups excluding carboxylic acids is 1. The Morgan fingerprint density at radius 2 is 1.73 bits per heavy atom. The van der Waals surface area contributed by atoms with Gasteiger partial charge in [-0.3, -0.25) is 4.79 Å². The van der Waals surface area contributed by atoms with Crippen LogP contribution in [0.2, 0.25) is 5.02 Å². The van der Waals surface area contributed by atoms with Crippen molar-refractivity contribution in [1.29, 1.82) is 0 Å². The van der Waals surface area contributed by atoms with Crippen molar-refractivity contribution in [1.82, 2.24) is 14.8 Å².